The zero-order valence-electron chi connectivity index (χ0n) is 19.4. The quantitative estimate of drug-likeness (QED) is 0.272. The van der Waals surface area contributed by atoms with Crippen molar-refractivity contribution in [3.8, 4) is 0 Å². The first kappa shape index (κ1) is 28.5. The van der Waals surface area contributed by atoms with Crippen LogP contribution in [0.1, 0.15) is 54.4 Å². The summed E-state index contributed by atoms with van der Waals surface area (Å²) >= 11 is 0. The second kappa shape index (κ2) is 13.8. The molecular formula is C20H40IN5O4. The molecule has 0 aromatic carbocycles. The molecule has 1 fully saturated rings. The number of hydrogen-bond acceptors (Lipinski definition) is 5. The molecule has 2 amide bonds. The predicted octanol–water partition coefficient (Wildman–Crippen LogP) is 2.94. The number of piperidine rings is 1. The molecule has 30 heavy (non-hydrogen) atoms. The van der Waals surface area contributed by atoms with Gasteiger partial charge in [-0.3, -0.25) is 4.99 Å². The Kier molecular flexibility index (Phi) is 13.1. The van der Waals surface area contributed by atoms with E-state index in [0.29, 0.717) is 25.6 Å². The van der Waals surface area contributed by atoms with E-state index in [4.69, 9.17) is 9.47 Å². The van der Waals surface area contributed by atoms with Gasteiger partial charge < -0.3 is 30.3 Å². The Morgan fingerprint density at radius 3 is 2.27 bits per heavy atom. The fourth-order valence-electron chi connectivity index (χ4n) is 2.92. The molecule has 0 spiro atoms. The van der Waals surface area contributed by atoms with Gasteiger partial charge in [0.15, 0.2) is 5.96 Å². The molecule has 1 heterocycles. The van der Waals surface area contributed by atoms with E-state index < -0.39 is 11.7 Å². The van der Waals surface area contributed by atoms with Crippen molar-refractivity contribution in [1.82, 2.24) is 20.9 Å². The minimum absolute atomic E-state index is 0. The first-order valence-corrected chi connectivity index (χ1v) is 10.4. The monoisotopic (exact) mass is 541 g/mol. The number of guanidine groups is 1. The lowest BCUT2D eigenvalue weighted by atomic mass is 10.0. The van der Waals surface area contributed by atoms with Crippen LogP contribution in [0.3, 0.4) is 0 Å². The van der Waals surface area contributed by atoms with E-state index in [1.54, 1.807) is 4.90 Å². The lowest BCUT2D eigenvalue weighted by Crippen LogP contribution is -2.50. The topological polar surface area (TPSA) is 104 Å². The highest BCUT2D eigenvalue weighted by atomic mass is 127. The van der Waals surface area contributed by atoms with Gasteiger partial charge in [-0.05, 0) is 46.5 Å². The van der Waals surface area contributed by atoms with Crippen molar-refractivity contribution >= 4 is 42.1 Å². The van der Waals surface area contributed by atoms with Crippen molar-refractivity contribution in [2.45, 2.75) is 72.1 Å². The van der Waals surface area contributed by atoms with Crippen molar-refractivity contribution in [2.24, 2.45) is 10.9 Å². The summed E-state index contributed by atoms with van der Waals surface area (Å²) in [5.41, 5.74) is -0.537. The van der Waals surface area contributed by atoms with Gasteiger partial charge >= 0.3 is 12.2 Å². The number of aliphatic imine (C=N–C) groups is 1. The summed E-state index contributed by atoms with van der Waals surface area (Å²) in [5, 5.41) is 9.60. The van der Waals surface area contributed by atoms with Gasteiger partial charge in [0.1, 0.15) is 5.60 Å². The van der Waals surface area contributed by atoms with Gasteiger partial charge in [0, 0.05) is 25.7 Å². The lowest BCUT2D eigenvalue weighted by molar-refractivity contribution is 0.0493. The van der Waals surface area contributed by atoms with Gasteiger partial charge in [-0.25, -0.2) is 9.59 Å². The minimum atomic E-state index is -0.537. The Balaban J connectivity index is 0.00000841. The van der Waals surface area contributed by atoms with Gasteiger partial charge in [0.2, 0.25) is 0 Å². The highest BCUT2D eigenvalue weighted by Crippen LogP contribution is 2.12. The largest absolute Gasteiger partial charge is 0.453 e. The van der Waals surface area contributed by atoms with Crippen LogP contribution in [0, 0.1) is 5.92 Å². The van der Waals surface area contributed by atoms with Crippen LogP contribution in [-0.4, -0.2) is 74.0 Å². The summed E-state index contributed by atoms with van der Waals surface area (Å²) in [7, 11) is 1.40. The zero-order chi connectivity index (χ0) is 22.0. The number of rotatable bonds is 6. The SMILES string of the molecule is CCNC(=NCC(NC(=O)OC(C)(C)C)C(C)C)NC1CCN(C(=O)OC)CC1.I. The number of nitrogens with one attached hydrogen (secondary N) is 3. The number of likely N-dealkylation sites (tertiary alicyclic amines) is 1. The molecule has 0 radical (unpaired) electrons. The molecule has 0 aromatic heterocycles. The average molecular weight is 541 g/mol. The molecule has 176 valence electrons. The summed E-state index contributed by atoms with van der Waals surface area (Å²) in [6.07, 6.45) is 0.934. The second-order valence-corrected chi connectivity index (χ2v) is 8.59. The molecule has 1 atom stereocenters. The molecule has 0 saturated carbocycles. The van der Waals surface area contributed by atoms with Crippen LogP contribution < -0.4 is 16.0 Å². The molecule has 1 aliphatic rings. The van der Waals surface area contributed by atoms with Crippen molar-refractivity contribution in [1.29, 1.82) is 0 Å². The summed E-state index contributed by atoms with van der Waals surface area (Å²) in [6.45, 7) is 14.1. The first-order chi connectivity index (χ1) is 13.6. The smallest absolute Gasteiger partial charge is 0.409 e. The number of carbonyl (C=O) groups is 2. The summed E-state index contributed by atoms with van der Waals surface area (Å²) < 4.78 is 10.1. The highest BCUT2D eigenvalue weighted by molar-refractivity contribution is 14.0. The molecule has 10 heteroatoms. The Labute approximate surface area is 198 Å². The van der Waals surface area contributed by atoms with Crippen molar-refractivity contribution < 1.29 is 19.1 Å². The average Bonchev–Trinajstić information content (AvgIpc) is 2.63. The Morgan fingerprint density at radius 1 is 1.20 bits per heavy atom. The van der Waals surface area contributed by atoms with Crippen LogP contribution in [0.2, 0.25) is 0 Å². The number of carbonyl (C=O) groups excluding carboxylic acids is 2. The number of hydrogen-bond donors (Lipinski definition) is 3. The molecule has 0 aliphatic carbocycles. The van der Waals surface area contributed by atoms with Crippen molar-refractivity contribution in [3.05, 3.63) is 0 Å². The highest BCUT2D eigenvalue weighted by Gasteiger charge is 2.24. The number of ether oxygens (including phenoxy) is 2. The maximum Gasteiger partial charge on any atom is 0.409 e. The Hall–Kier alpha value is -1.46. The third kappa shape index (κ3) is 11.1. The number of amides is 2. The van der Waals surface area contributed by atoms with Crippen LogP contribution in [0.15, 0.2) is 4.99 Å². The van der Waals surface area contributed by atoms with E-state index in [0.717, 1.165) is 19.4 Å². The van der Waals surface area contributed by atoms with Gasteiger partial charge in [0.25, 0.3) is 0 Å². The molecule has 9 nitrogen and oxygen atoms in total. The van der Waals surface area contributed by atoms with E-state index in [-0.39, 0.29) is 48.1 Å². The second-order valence-electron chi connectivity index (χ2n) is 8.59. The molecule has 3 N–H and O–H groups in total. The third-order valence-corrected chi connectivity index (χ3v) is 4.57. The maximum absolute atomic E-state index is 12.1. The Bertz CT molecular complexity index is 558. The van der Waals surface area contributed by atoms with Gasteiger partial charge in [-0.2, -0.15) is 0 Å². The van der Waals surface area contributed by atoms with Crippen LogP contribution in [0.25, 0.3) is 0 Å². The van der Waals surface area contributed by atoms with Crippen LogP contribution in [0.4, 0.5) is 9.59 Å². The lowest BCUT2D eigenvalue weighted by Gasteiger charge is -2.32. The molecule has 0 aromatic rings. The number of methoxy groups -OCH3 is 1. The molecule has 1 aliphatic heterocycles. The van der Waals surface area contributed by atoms with Crippen LogP contribution in [0.5, 0.6) is 0 Å². The molecule has 0 bridgehead atoms. The first-order valence-electron chi connectivity index (χ1n) is 10.4. The van der Waals surface area contributed by atoms with Gasteiger partial charge in [-0.1, -0.05) is 13.8 Å². The van der Waals surface area contributed by atoms with Gasteiger partial charge in [-0.15, -0.1) is 24.0 Å². The Morgan fingerprint density at radius 2 is 1.80 bits per heavy atom. The summed E-state index contributed by atoms with van der Waals surface area (Å²) in [4.78, 5) is 30.1. The maximum atomic E-state index is 12.1. The minimum Gasteiger partial charge on any atom is -0.453 e. The normalized spacial score (nSPS) is 16.4. The predicted molar refractivity (Wildman–Crippen MR) is 130 cm³/mol. The van der Waals surface area contributed by atoms with E-state index >= 15 is 0 Å². The summed E-state index contributed by atoms with van der Waals surface area (Å²) in [5.74, 6) is 0.915. The van der Waals surface area contributed by atoms with Crippen molar-refractivity contribution in [2.75, 3.05) is 33.3 Å². The van der Waals surface area contributed by atoms with Crippen LogP contribution in [-0.2, 0) is 9.47 Å². The number of halogens is 1. The molecular weight excluding hydrogens is 501 g/mol. The summed E-state index contributed by atoms with van der Waals surface area (Å²) in [6, 6.07) is 0.0894. The van der Waals surface area contributed by atoms with Crippen LogP contribution >= 0.6 is 24.0 Å². The van der Waals surface area contributed by atoms with E-state index in [2.05, 4.69) is 20.9 Å². The van der Waals surface area contributed by atoms with Crippen molar-refractivity contribution in [3.63, 3.8) is 0 Å². The van der Waals surface area contributed by atoms with E-state index in [1.165, 1.54) is 7.11 Å². The van der Waals surface area contributed by atoms with Gasteiger partial charge in [0.05, 0.1) is 19.7 Å². The fraction of sp³-hybridized carbons (Fsp3) is 0.850. The molecule has 1 unspecified atom stereocenters. The third-order valence-electron chi connectivity index (χ3n) is 4.57. The standard InChI is InChI=1S/C20H39N5O4.HI/c1-8-21-17(23-15-9-11-25(12-10-15)19(27)28-7)22-13-16(14(2)3)24-18(26)29-20(4,5)6;/h14-16H,8-13H2,1-7H3,(H,24,26)(H2,21,22,23);1H. The number of alkyl carbamates (subject to hydrolysis) is 1. The zero-order valence-corrected chi connectivity index (χ0v) is 21.7. The van der Waals surface area contributed by atoms with E-state index in [1.807, 2.05) is 41.5 Å². The number of nitrogens with zero attached hydrogens (tertiary/aromatic N) is 2. The van der Waals surface area contributed by atoms with E-state index in [9.17, 15) is 9.59 Å². The molecule has 1 saturated heterocycles. The molecule has 1 rings (SSSR count). The fourth-order valence-corrected chi connectivity index (χ4v) is 2.92.